The van der Waals surface area contributed by atoms with Gasteiger partial charge in [0.25, 0.3) is 0 Å². The van der Waals surface area contributed by atoms with E-state index >= 15 is 0 Å². The van der Waals surface area contributed by atoms with E-state index in [0.717, 1.165) is 33.3 Å². The van der Waals surface area contributed by atoms with Gasteiger partial charge in [-0.2, -0.15) is 9.57 Å². The van der Waals surface area contributed by atoms with Crippen LogP contribution in [0.15, 0.2) is 41.3 Å². The molecular weight excluding hydrogens is 450 g/mol. The summed E-state index contributed by atoms with van der Waals surface area (Å²) in [6.07, 6.45) is 0.189. The number of nitrogens with zero attached hydrogens (tertiary/aromatic N) is 4. The number of carbonyl (C=O) groups is 1. The van der Waals surface area contributed by atoms with Gasteiger partial charge in [-0.25, -0.2) is 17.2 Å². The Labute approximate surface area is 192 Å². The van der Waals surface area contributed by atoms with Crippen LogP contribution in [-0.2, 0) is 14.8 Å². The molecule has 0 bridgehead atoms. The van der Waals surface area contributed by atoms with Crippen LogP contribution < -0.4 is 4.90 Å². The van der Waals surface area contributed by atoms with E-state index in [9.17, 15) is 22.0 Å². The zero-order valence-electron chi connectivity index (χ0n) is 18.6. The average molecular weight is 477 g/mol. The van der Waals surface area contributed by atoms with E-state index in [1.165, 1.54) is 0 Å². The number of benzene rings is 2. The molecule has 33 heavy (non-hydrogen) atoms. The minimum absolute atomic E-state index is 0.0671. The van der Waals surface area contributed by atoms with E-state index in [4.69, 9.17) is 5.26 Å². The van der Waals surface area contributed by atoms with E-state index in [0.29, 0.717) is 6.07 Å². The summed E-state index contributed by atoms with van der Waals surface area (Å²) in [6.45, 7) is 4.93. The van der Waals surface area contributed by atoms with E-state index in [2.05, 4.69) is 6.07 Å². The van der Waals surface area contributed by atoms with Gasteiger partial charge >= 0.3 is 0 Å². The fraction of sp³-hybridized carbons (Fsp3) is 0.391. The summed E-state index contributed by atoms with van der Waals surface area (Å²) < 4.78 is 53.9. The molecule has 0 unspecified atom stereocenters. The molecule has 1 aliphatic rings. The number of sulfonamides is 1. The second-order valence-electron chi connectivity index (χ2n) is 7.93. The van der Waals surface area contributed by atoms with Crippen molar-refractivity contribution in [3.8, 4) is 6.07 Å². The molecular formula is C23H26F2N4O3S. The number of nitriles is 1. The third kappa shape index (κ3) is 5.55. The lowest BCUT2D eigenvalue weighted by atomic mass is 10.1. The second-order valence-corrected chi connectivity index (χ2v) is 9.83. The molecule has 0 N–H and O–H groups in total. The van der Waals surface area contributed by atoms with Crippen LogP contribution in [0.5, 0.6) is 0 Å². The third-order valence-corrected chi connectivity index (χ3v) is 7.75. The van der Waals surface area contributed by atoms with Crippen LogP contribution in [0.25, 0.3) is 0 Å². The first-order valence-corrected chi connectivity index (χ1v) is 12.0. The van der Waals surface area contributed by atoms with Crippen molar-refractivity contribution in [3.63, 3.8) is 0 Å². The Hall–Kier alpha value is -2.87. The van der Waals surface area contributed by atoms with Crippen molar-refractivity contribution in [2.24, 2.45) is 0 Å². The van der Waals surface area contributed by atoms with Gasteiger partial charge in [-0.1, -0.05) is 12.1 Å². The van der Waals surface area contributed by atoms with E-state index < -0.39 is 26.6 Å². The first-order valence-electron chi connectivity index (χ1n) is 10.6. The topological polar surface area (TPSA) is 84.7 Å². The molecule has 2 aromatic rings. The summed E-state index contributed by atoms with van der Waals surface area (Å²) in [4.78, 5) is 16.0. The standard InChI is InChI=1S/C23H26F2N4O3S/c1-17-5-3-6-21(18(17)2)29(10-4-9-26)23(30)16-27-11-13-28(14-12-27)33(31,32)22-8-7-19(24)15-20(22)25/h3,5-8,15H,4,10-14,16H2,1-2H3. The Bertz CT molecular complexity index is 1170. The summed E-state index contributed by atoms with van der Waals surface area (Å²) in [5, 5.41) is 9.01. The lowest BCUT2D eigenvalue weighted by Gasteiger charge is -2.35. The number of hydrogen-bond donors (Lipinski definition) is 0. The SMILES string of the molecule is Cc1cccc(N(CCC#N)C(=O)CN2CCN(S(=O)(=O)c3ccc(F)cc3F)CC2)c1C. The fourth-order valence-corrected chi connectivity index (χ4v) is 5.26. The van der Waals surface area contributed by atoms with E-state index in [-0.39, 0.29) is 51.6 Å². The van der Waals surface area contributed by atoms with E-state index in [1.807, 2.05) is 36.9 Å². The maximum Gasteiger partial charge on any atom is 0.246 e. The van der Waals surface area contributed by atoms with E-state index in [1.54, 1.807) is 4.90 Å². The van der Waals surface area contributed by atoms with Gasteiger partial charge in [0.1, 0.15) is 16.5 Å². The molecule has 7 nitrogen and oxygen atoms in total. The maximum atomic E-state index is 14.0. The highest BCUT2D eigenvalue weighted by molar-refractivity contribution is 7.89. The lowest BCUT2D eigenvalue weighted by molar-refractivity contribution is -0.120. The van der Waals surface area contributed by atoms with Gasteiger partial charge in [0, 0.05) is 44.5 Å². The third-order valence-electron chi connectivity index (χ3n) is 5.82. The van der Waals surface area contributed by atoms with Crippen LogP contribution >= 0.6 is 0 Å². The van der Waals surface area contributed by atoms with Crippen molar-refractivity contribution >= 4 is 21.6 Å². The van der Waals surface area contributed by atoms with Crippen LogP contribution in [0.1, 0.15) is 17.5 Å². The quantitative estimate of drug-likeness (QED) is 0.614. The molecule has 10 heteroatoms. The van der Waals surface area contributed by atoms with Crippen LogP contribution in [0.4, 0.5) is 14.5 Å². The molecule has 176 valence electrons. The summed E-state index contributed by atoms with van der Waals surface area (Å²) in [5.74, 6) is -2.16. The van der Waals surface area contributed by atoms with Gasteiger partial charge in [0.2, 0.25) is 15.9 Å². The predicted octanol–water partition coefficient (Wildman–Crippen LogP) is 2.83. The molecule has 3 rings (SSSR count). The van der Waals surface area contributed by atoms with Crippen LogP contribution in [-0.4, -0.2) is 62.8 Å². The second kappa shape index (κ2) is 10.4. The molecule has 0 aliphatic carbocycles. The average Bonchev–Trinajstić information content (AvgIpc) is 2.77. The summed E-state index contributed by atoms with van der Waals surface area (Å²) >= 11 is 0. The summed E-state index contributed by atoms with van der Waals surface area (Å²) in [6, 6.07) is 10.1. The summed E-state index contributed by atoms with van der Waals surface area (Å²) in [7, 11) is -4.11. The predicted molar refractivity (Wildman–Crippen MR) is 120 cm³/mol. The zero-order valence-corrected chi connectivity index (χ0v) is 19.4. The molecule has 1 saturated heterocycles. The van der Waals surface area contributed by atoms with Crippen molar-refractivity contribution in [2.45, 2.75) is 25.2 Å². The smallest absolute Gasteiger partial charge is 0.246 e. The van der Waals surface area contributed by atoms with Gasteiger partial charge in [0.05, 0.1) is 19.0 Å². The van der Waals surface area contributed by atoms with Crippen molar-refractivity contribution in [3.05, 3.63) is 59.2 Å². The Morgan fingerprint density at radius 2 is 1.82 bits per heavy atom. The molecule has 1 fully saturated rings. The highest BCUT2D eigenvalue weighted by atomic mass is 32.2. The van der Waals surface area contributed by atoms with Gasteiger partial charge in [-0.15, -0.1) is 0 Å². The largest absolute Gasteiger partial charge is 0.310 e. The molecule has 0 saturated carbocycles. The molecule has 0 radical (unpaired) electrons. The number of hydrogen-bond acceptors (Lipinski definition) is 5. The molecule has 2 aromatic carbocycles. The normalized spacial score (nSPS) is 15.2. The first-order chi connectivity index (χ1) is 15.6. The lowest BCUT2D eigenvalue weighted by Crippen LogP contribution is -2.51. The highest BCUT2D eigenvalue weighted by Crippen LogP contribution is 2.24. The Kier molecular flexibility index (Phi) is 7.79. The highest BCUT2D eigenvalue weighted by Gasteiger charge is 2.32. The van der Waals surface area contributed by atoms with Gasteiger partial charge in [0.15, 0.2) is 0 Å². The molecule has 1 aliphatic heterocycles. The van der Waals surface area contributed by atoms with Gasteiger partial charge in [-0.05, 0) is 43.2 Å². The Balaban J connectivity index is 1.68. The monoisotopic (exact) mass is 476 g/mol. The molecule has 0 spiro atoms. The number of halogens is 2. The van der Waals surface area contributed by atoms with Crippen molar-refractivity contribution in [1.82, 2.24) is 9.21 Å². The number of aryl methyl sites for hydroxylation is 1. The number of amides is 1. The molecule has 0 atom stereocenters. The minimum Gasteiger partial charge on any atom is -0.310 e. The number of rotatable bonds is 7. The maximum absolute atomic E-state index is 14.0. The minimum atomic E-state index is -4.11. The molecule has 1 amide bonds. The zero-order chi connectivity index (χ0) is 24.2. The molecule has 1 heterocycles. The first kappa shape index (κ1) is 24.8. The fourth-order valence-electron chi connectivity index (χ4n) is 3.80. The molecule has 0 aromatic heterocycles. The van der Waals surface area contributed by atoms with Crippen LogP contribution in [0.3, 0.4) is 0 Å². The number of carbonyl (C=O) groups excluding carboxylic acids is 1. The Morgan fingerprint density at radius 1 is 1.12 bits per heavy atom. The van der Waals surface area contributed by atoms with Crippen molar-refractivity contribution < 1.29 is 22.0 Å². The Morgan fingerprint density at radius 3 is 2.45 bits per heavy atom. The van der Waals surface area contributed by atoms with Crippen LogP contribution in [0, 0.1) is 36.8 Å². The van der Waals surface area contributed by atoms with Crippen LogP contribution in [0.2, 0.25) is 0 Å². The van der Waals surface area contributed by atoms with Gasteiger partial charge in [-0.3, -0.25) is 9.69 Å². The number of anilines is 1. The van der Waals surface area contributed by atoms with Crippen molar-refractivity contribution in [2.75, 3.05) is 44.2 Å². The number of piperazine rings is 1. The van der Waals surface area contributed by atoms with Crippen molar-refractivity contribution in [1.29, 1.82) is 5.26 Å². The summed E-state index contributed by atoms with van der Waals surface area (Å²) in [5.41, 5.74) is 2.75. The van der Waals surface area contributed by atoms with Gasteiger partial charge < -0.3 is 4.90 Å².